The zero-order valence-corrected chi connectivity index (χ0v) is 11.5. The third kappa shape index (κ3) is 13.1. The van der Waals surface area contributed by atoms with E-state index in [0.717, 1.165) is 12.8 Å². The Kier molecular flexibility index (Phi) is 12.7. The summed E-state index contributed by atoms with van der Waals surface area (Å²) in [6, 6.07) is 0. The molecule has 2 nitrogen and oxygen atoms in total. The van der Waals surface area contributed by atoms with Gasteiger partial charge in [-0.2, -0.15) is 0 Å². The Morgan fingerprint density at radius 3 is 2.29 bits per heavy atom. The fourth-order valence-electron chi connectivity index (χ4n) is 1.70. The lowest BCUT2D eigenvalue weighted by Gasteiger charge is -2.01. The van der Waals surface area contributed by atoms with Crippen molar-refractivity contribution in [1.82, 2.24) is 0 Å². The van der Waals surface area contributed by atoms with Crippen molar-refractivity contribution in [2.75, 3.05) is 6.61 Å². The van der Waals surface area contributed by atoms with Crippen LogP contribution in [-0.2, 0) is 9.53 Å². The minimum Gasteiger partial charge on any atom is -0.466 e. The molecule has 0 aliphatic rings. The average molecular weight is 240 g/mol. The maximum absolute atomic E-state index is 11.0. The van der Waals surface area contributed by atoms with E-state index in [1.807, 2.05) is 6.92 Å². The molecule has 17 heavy (non-hydrogen) atoms. The maximum atomic E-state index is 11.0. The quantitative estimate of drug-likeness (QED) is 0.299. The van der Waals surface area contributed by atoms with Crippen LogP contribution in [0, 0.1) is 0 Å². The van der Waals surface area contributed by atoms with Crippen molar-refractivity contribution in [1.29, 1.82) is 0 Å². The molecule has 0 bridgehead atoms. The number of unbranched alkanes of at least 4 members (excludes halogenated alkanes) is 6. The van der Waals surface area contributed by atoms with Crippen molar-refractivity contribution in [3.8, 4) is 0 Å². The molecule has 0 radical (unpaired) electrons. The van der Waals surface area contributed by atoms with Gasteiger partial charge in [-0.05, 0) is 32.6 Å². The predicted octanol–water partition coefficient (Wildman–Crippen LogP) is 4.64. The van der Waals surface area contributed by atoms with E-state index in [0.29, 0.717) is 13.0 Å². The van der Waals surface area contributed by atoms with Gasteiger partial charge < -0.3 is 4.74 Å². The summed E-state index contributed by atoms with van der Waals surface area (Å²) in [6.45, 7) is 4.56. The van der Waals surface area contributed by atoms with Crippen LogP contribution in [0.25, 0.3) is 0 Å². The first kappa shape index (κ1) is 16.2. The smallest absolute Gasteiger partial charge is 0.305 e. The van der Waals surface area contributed by atoms with Crippen LogP contribution in [0.1, 0.15) is 71.6 Å². The first-order valence-corrected chi connectivity index (χ1v) is 7.11. The second-order valence-corrected chi connectivity index (χ2v) is 4.37. The minimum atomic E-state index is -0.0463. The Balaban J connectivity index is 3.11. The van der Waals surface area contributed by atoms with Crippen LogP contribution in [0.4, 0.5) is 0 Å². The Morgan fingerprint density at radius 1 is 0.941 bits per heavy atom. The van der Waals surface area contributed by atoms with Gasteiger partial charge in [-0.25, -0.2) is 0 Å². The highest BCUT2D eigenvalue weighted by Crippen LogP contribution is 2.08. The van der Waals surface area contributed by atoms with Gasteiger partial charge in [0.2, 0.25) is 0 Å². The third-order valence-corrected chi connectivity index (χ3v) is 2.68. The summed E-state index contributed by atoms with van der Waals surface area (Å²) in [5.74, 6) is -0.0463. The van der Waals surface area contributed by atoms with Crippen LogP contribution in [-0.4, -0.2) is 12.6 Å². The molecule has 0 heterocycles. The van der Waals surface area contributed by atoms with E-state index >= 15 is 0 Å². The van der Waals surface area contributed by atoms with Crippen LogP contribution < -0.4 is 0 Å². The zero-order chi connectivity index (χ0) is 12.8. The van der Waals surface area contributed by atoms with Crippen LogP contribution in [0.3, 0.4) is 0 Å². The molecule has 0 amide bonds. The Bertz CT molecular complexity index is 197. The summed E-state index contributed by atoms with van der Waals surface area (Å²) in [7, 11) is 0. The molecule has 0 saturated carbocycles. The molecular weight excluding hydrogens is 212 g/mol. The van der Waals surface area contributed by atoms with Gasteiger partial charge in [-0.3, -0.25) is 4.79 Å². The number of ether oxygens (including phenoxy) is 1. The SMILES string of the molecule is CCC/C=C\CCCCCCCC(=O)OCC. The molecule has 0 aromatic carbocycles. The molecule has 0 aliphatic heterocycles. The number of rotatable bonds is 11. The van der Waals surface area contributed by atoms with Crippen molar-refractivity contribution in [3.63, 3.8) is 0 Å². The largest absolute Gasteiger partial charge is 0.466 e. The topological polar surface area (TPSA) is 26.3 Å². The average Bonchev–Trinajstić information content (AvgIpc) is 2.32. The number of allylic oxidation sites excluding steroid dienone is 2. The van der Waals surface area contributed by atoms with Gasteiger partial charge in [-0.15, -0.1) is 0 Å². The van der Waals surface area contributed by atoms with E-state index in [2.05, 4.69) is 19.1 Å². The van der Waals surface area contributed by atoms with E-state index in [9.17, 15) is 4.79 Å². The van der Waals surface area contributed by atoms with Crippen LogP contribution in [0.2, 0.25) is 0 Å². The first-order chi connectivity index (χ1) is 8.31. The summed E-state index contributed by atoms with van der Waals surface area (Å²) in [5, 5.41) is 0. The Hall–Kier alpha value is -0.790. The summed E-state index contributed by atoms with van der Waals surface area (Å²) in [6.07, 6.45) is 14.7. The molecule has 0 fully saturated rings. The lowest BCUT2D eigenvalue weighted by Crippen LogP contribution is -2.03. The number of hydrogen-bond acceptors (Lipinski definition) is 2. The predicted molar refractivity (Wildman–Crippen MR) is 73.0 cm³/mol. The van der Waals surface area contributed by atoms with Crippen LogP contribution >= 0.6 is 0 Å². The minimum absolute atomic E-state index is 0.0463. The normalized spacial score (nSPS) is 10.9. The molecule has 0 rings (SSSR count). The molecule has 0 aromatic heterocycles. The van der Waals surface area contributed by atoms with E-state index in [-0.39, 0.29) is 5.97 Å². The second kappa shape index (κ2) is 13.3. The molecule has 0 atom stereocenters. The summed E-state index contributed by atoms with van der Waals surface area (Å²) < 4.78 is 4.88. The van der Waals surface area contributed by atoms with Gasteiger partial charge >= 0.3 is 5.97 Å². The number of hydrogen-bond donors (Lipinski definition) is 0. The second-order valence-electron chi connectivity index (χ2n) is 4.37. The van der Waals surface area contributed by atoms with Gasteiger partial charge in [0.1, 0.15) is 0 Å². The fraction of sp³-hybridized carbons (Fsp3) is 0.800. The molecule has 0 unspecified atom stereocenters. The molecule has 0 aliphatic carbocycles. The molecule has 0 aromatic rings. The zero-order valence-electron chi connectivity index (χ0n) is 11.5. The lowest BCUT2D eigenvalue weighted by molar-refractivity contribution is -0.143. The molecule has 0 N–H and O–H groups in total. The Labute approximate surface area is 106 Å². The van der Waals surface area contributed by atoms with Crippen molar-refractivity contribution in [2.24, 2.45) is 0 Å². The summed E-state index contributed by atoms with van der Waals surface area (Å²) in [4.78, 5) is 11.0. The van der Waals surface area contributed by atoms with Gasteiger partial charge in [0.25, 0.3) is 0 Å². The molecule has 0 spiro atoms. The summed E-state index contributed by atoms with van der Waals surface area (Å²) in [5.41, 5.74) is 0. The standard InChI is InChI=1S/C15H28O2/c1-3-5-6-7-8-9-10-11-12-13-14-15(16)17-4-2/h6-7H,3-5,8-14H2,1-2H3/b7-6-. The van der Waals surface area contributed by atoms with Crippen molar-refractivity contribution in [2.45, 2.75) is 71.6 Å². The Morgan fingerprint density at radius 2 is 1.59 bits per heavy atom. The molecule has 100 valence electrons. The van der Waals surface area contributed by atoms with Crippen molar-refractivity contribution in [3.05, 3.63) is 12.2 Å². The number of esters is 1. The molecule has 2 heteroatoms. The lowest BCUT2D eigenvalue weighted by atomic mass is 10.1. The van der Waals surface area contributed by atoms with Gasteiger partial charge in [0.15, 0.2) is 0 Å². The maximum Gasteiger partial charge on any atom is 0.305 e. The third-order valence-electron chi connectivity index (χ3n) is 2.68. The van der Waals surface area contributed by atoms with E-state index < -0.39 is 0 Å². The van der Waals surface area contributed by atoms with Crippen LogP contribution in [0.15, 0.2) is 12.2 Å². The highest BCUT2D eigenvalue weighted by Gasteiger charge is 2.00. The molecule has 0 saturated heterocycles. The first-order valence-electron chi connectivity index (χ1n) is 7.11. The number of carbonyl (C=O) groups is 1. The molecular formula is C15H28O2. The summed E-state index contributed by atoms with van der Waals surface area (Å²) >= 11 is 0. The monoisotopic (exact) mass is 240 g/mol. The van der Waals surface area contributed by atoms with Gasteiger partial charge in [0, 0.05) is 6.42 Å². The highest BCUT2D eigenvalue weighted by molar-refractivity contribution is 5.69. The fourth-order valence-corrected chi connectivity index (χ4v) is 1.70. The van der Waals surface area contributed by atoms with Crippen molar-refractivity contribution >= 4 is 5.97 Å². The van der Waals surface area contributed by atoms with Crippen LogP contribution in [0.5, 0.6) is 0 Å². The highest BCUT2D eigenvalue weighted by atomic mass is 16.5. The van der Waals surface area contributed by atoms with E-state index in [1.165, 1.54) is 38.5 Å². The van der Waals surface area contributed by atoms with Crippen molar-refractivity contribution < 1.29 is 9.53 Å². The van der Waals surface area contributed by atoms with E-state index in [4.69, 9.17) is 4.74 Å². The van der Waals surface area contributed by atoms with E-state index in [1.54, 1.807) is 0 Å². The van der Waals surface area contributed by atoms with Gasteiger partial charge in [0.05, 0.1) is 6.61 Å². The number of carbonyl (C=O) groups excluding carboxylic acids is 1. The van der Waals surface area contributed by atoms with Gasteiger partial charge in [-0.1, -0.05) is 44.8 Å².